The van der Waals surface area contributed by atoms with Crippen molar-refractivity contribution in [3.05, 3.63) is 95.3 Å². The Morgan fingerprint density at radius 3 is 2.17 bits per heavy atom. The maximum absolute atomic E-state index is 5.41. The molecular weight excluding hydrogens is 392 g/mol. The van der Waals surface area contributed by atoms with Gasteiger partial charge >= 0.3 is 0 Å². The molecular formula is C23H24N6S. The lowest BCUT2D eigenvalue weighted by atomic mass is 10.1. The van der Waals surface area contributed by atoms with Gasteiger partial charge in [0, 0.05) is 24.5 Å². The first-order valence-corrected chi connectivity index (χ1v) is 10.2. The summed E-state index contributed by atoms with van der Waals surface area (Å²) in [5.41, 5.74) is 4.95. The fourth-order valence-corrected chi connectivity index (χ4v) is 3.47. The summed E-state index contributed by atoms with van der Waals surface area (Å²) in [7, 11) is 0. The molecule has 2 N–H and O–H groups in total. The van der Waals surface area contributed by atoms with Crippen LogP contribution in [-0.2, 0) is 13.1 Å². The van der Waals surface area contributed by atoms with E-state index in [-0.39, 0.29) is 0 Å². The van der Waals surface area contributed by atoms with Gasteiger partial charge < -0.3 is 10.6 Å². The highest BCUT2D eigenvalue weighted by Gasteiger charge is 2.06. The molecule has 152 valence electrons. The first-order chi connectivity index (χ1) is 14.5. The summed E-state index contributed by atoms with van der Waals surface area (Å²) in [6.45, 7) is 5.63. The molecule has 2 aromatic heterocycles. The van der Waals surface area contributed by atoms with Gasteiger partial charge in [-0.05, 0) is 42.8 Å². The molecule has 2 aromatic carbocycles. The third-order valence-electron chi connectivity index (χ3n) is 4.79. The Balaban J connectivity index is 1.32. The van der Waals surface area contributed by atoms with E-state index in [1.807, 2.05) is 46.0 Å². The highest BCUT2D eigenvalue weighted by Crippen LogP contribution is 2.12. The molecule has 0 amide bonds. The molecule has 7 heteroatoms. The number of nitrogens with one attached hydrogen (secondary N) is 2. The summed E-state index contributed by atoms with van der Waals surface area (Å²) < 4.78 is 3.78. The number of hydrogen-bond donors (Lipinski definition) is 2. The minimum atomic E-state index is 0.456. The van der Waals surface area contributed by atoms with E-state index in [1.54, 1.807) is 0 Å². The standard InChI is InChI=1S/C23H24N6S/c1-17-6-5-8-19(14-17)15-28-12-10-21(26-28)24-23(30)25-22-11-13-29(27-22)16-20-9-4-3-7-18(20)2/h3-14H,15-16H2,1-2H3,(H2,24,25,26,27,30). The van der Waals surface area contributed by atoms with Gasteiger partial charge in [0.15, 0.2) is 16.7 Å². The molecule has 30 heavy (non-hydrogen) atoms. The lowest BCUT2D eigenvalue weighted by Gasteiger charge is -2.07. The Morgan fingerprint density at radius 1 is 0.833 bits per heavy atom. The number of aryl methyl sites for hydroxylation is 2. The monoisotopic (exact) mass is 416 g/mol. The quantitative estimate of drug-likeness (QED) is 0.450. The number of anilines is 2. The fraction of sp³-hybridized carbons (Fsp3) is 0.174. The van der Waals surface area contributed by atoms with Crippen molar-refractivity contribution in [1.82, 2.24) is 19.6 Å². The van der Waals surface area contributed by atoms with Crippen molar-refractivity contribution in [2.24, 2.45) is 0 Å². The van der Waals surface area contributed by atoms with Gasteiger partial charge in [-0.2, -0.15) is 10.2 Å². The molecule has 0 bridgehead atoms. The number of benzene rings is 2. The van der Waals surface area contributed by atoms with Gasteiger partial charge in [-0.25, -0.2) is 0 Å². The van der Waals surface area contributed by atoms with Gasteiger partial charge in [0.1, 0.15) is 0 Å². The third kappa shape index (κ3) is 5.12. The normalized spacial score (nSPS) is 10.7. The van der Waals surface area contributed by atoms with Crippen molar-refractivity contribution >= 4 is 29.0 Å². The van der Waals surface area contributed by atoms with Crippen molar-refractivity contribution in [2.45, 2.75) is 26.9 Å². The van der Waals surface area contributed by atoms with Crippen LogP contribution in [0.4, 0.5) is 11.6 Å². The van der Waals surface area contributed by atoms with Crippen LogP contribution in [0.5, 0.6) is 0 Å². The second kappa shape index (κ2) is 8.92. The molecule has 4 aromatic rings. The van der Waals surface area contributed by atoms with Crippen molar-refractivity contribution in [3.63, 3.8) is 0 Å². The van der Waals surface area contributed by atoms with Gasteiger partial charge in [-0.3, -0.25) is 9.36 Å². The minimum Gasteiger partial charge on any atom is -0.316 e. The van der Waals surface area contributed by atoms with Crippen molar-refractivity contribution in [2.75, 3.05) is 10.6 Å². The second-order valence-corrected chi connectivity index (χ2v) is 7.70. The van der Waals surface area contributed by atoms with Crippen LogP contribution in [0.1, 0.15) is 22.3 Å². The molecule has 0 saturated heterocycles. The summed E-state index contributed by atoms with van der Waals surface area (Å²) in [5, 5.41) is 15.8. The molecule has 0 atom stereocenters. The minimum absolute atomic E-state index is 0.456. The average molecular weight is 417 g/mol. The number of nitrogens with zero attached hydrogens (tertiary/aromatic N) is 4. The zero-order chi connectivity index (χ0) is 20.9. The molecule has 2 heterocycles. The summed E-state index contributed by atoms with van der Waals surface area (Å²) in [4.78, 5) is 0. The first kappa shape index (κ1) is 19.8. The van der Waals surface area contributed by atoms with Crippen molar-refractivity contribution in [1.29, 1.82) is 0 Å². The zero-order valence-electron chi connectivity index (χ0n) is 17.0. The van der Waals surface area contributed by atoms with E-state index in [4.69, 9.17) is 12.2 Å². The van der Waals surface area contributed by atoms with Crippen LogP contribution in [-0.4, -0.2) is 24.7 Å². The average Bonchev–Trinajstić information content (AvgIpc) is 3.33. The Morgan fingerprint density at radius 2 is 1.50 bits per heavy atom. The summed E-state index contributed by atoms with van der Waals surface area (Å²) in [6.07, 6.45) is 3.87. The first-order valence-electron chi connectivity index (χ1n) is 9.80. The van der Waals surface area contributed by atoms with E-state index in [9.17, 15) is 0 Å². The smallest absolute Gasteiger partial charge is 0.177 e. The zero-order valence-corrected chi connectivity index (χ0v) is 17.9. The SMILES string of the molecule is Cc1cccc(Cn2ccc(NC(=S)Nc3ccn(Cc4ccccc4C)n3)n2)c1. The van der Waals surface area contributed by atoms with Crippen LogP contribution < -0.4 is 10.6 Å². The topological polar surface area (TPSA) is 59.7 Å². The summed E-state index contributed by atoms with van der Waals surface area (Å²) >= 11 is 5.41. The van der Waals surface area contributed by atoms with Gasteiger partial charge in [-0.1, -0.05) is 54.1 Å². The highest BCUT2D eigenvalue weighted by atomic mass is 32.1. The Hall–Kier alpha value is -3.45. The van der Waals surface area contributed by atoms with E-state index >= 15 is 0 Å². The van der Waals surface area contributed by atoms with Gasteiger partial charge in [0.25, 0.3) is 0 Å². The Kier molecular flexibility index (Phi) is 5.90. The van der Waals surface area contributed by atoms with Gasteiger partial charge in [0.2, 0.25) is 0 Å². The third-order valence-corrected chi connectivity index (χ3v) is 4.99. The molecule has 4 rings (SSSR count). The summed E-state index contributed by atoms with van der Waals surface area (Å²) in [5.74, 6) is 1.39. The number of aromatic nitrogens is 4. The summed E-state index contributed by atoms with van der Waals surface area (Å²) in [6, 6.07) is 20.5. The molecule has 6 nitrogen and oxygen atoms in total. The molecule has 0 aliphatic rings. The Bertz CT molecular complexity index is 1160. The number of hydrogen-bond acceptors (Lipinski definition) is 3. The molecule has 0 saturated carbocycles. The van der Waals surface area contributed by atoms with Crippen LogP contribution in [0, 0.1) is 13.8 Å². The predicted octanol–water partition coefficient (Wildman–Crippen LogP) is 4.60. The lowest BCUT2D eigenvalue weighted by molar-refractivity contribution is 0.687. The maximum atomic E-state index is 5.41. The predicted molar refractivity (Wildman–Crippen MR) is 125 cm³/mol. The van der Waals surface area contributed by atoms with Crippen LogP contribution in [0.25, 0.3) is 0 Å². The highest BCUT2D eigenvalue weighted by molar-refractivity contribution is 7.80. The Labute approximate surface area is 181 Å². The van der Waals surface area contributed by atoms with Gasteiger partial charge in [-0.15, -0.1) is 0 Å². The lowest BCUT2D eigenvalue weighted by Crippen LogP contribution is -2.20. The van der Waals surface area contributed by atoms with Crippen LogP contribution >= 0.6 is 12.2 Å². The molecule has 0 fully saturated rings. The largest absolute Gasteiger partial charge is 0.316 e. The molecule has 0 radical (unpaired) electrons. The number of rotatable bonds is 6. The van der Waals surface area contributed by atoms with Crippen LogP contribution in [0.3, 0.4) is 0 Å². The number of thiocarbonyl (C=S) groups is 1. The second-order valence-electron chi connectivity index (χ2n) is 7.29. The molecule has 0 aliphatic carbocycles. The van der Waals surface area contributed by atoms with E-state index in [1.165, 1.54) is 22.3 Å². The van der Waals surface area contributed by atoms with E-state index in [0.29, 0.717) is 23.3 Å². The van der Waals surface area contributed by atoms with E-state index in [2.05, 4.69) is 71.1 Å². The van der Waals surface area contributed by atoms with Crippen LogP contribution in [0.15, 0.2) is 73.1 Å². The van der Waals surface area contributed by atoms with Crippen molar-refractivity contribution in [3.8, 4) is 0 Å². The van der Waals surface area contributed by atoms with Gasteiger partial charge in [0.05, 0.1) is 13.1 Å². The van der Waals surface area contributed by atoms with Crippen molar-refractivity contribution < 1.29 is 0 Å². The molecule has 0 unspecified atom stereocenters. The van der Waals surface area contributed by atoms with Crippen LogP contribution in [0.2, 0.25) is 0 Å². The maximum Gasteiger partial charge on any atom is 0.177 e. The van der Waals surface area contributed by atoms with E-state index < -0.39 is 0 Å². The molecule has 0 aliphatic heterocycles. The molecule has 0 spiro atoms. The fourth-order valence-electron chi connectivity index (χ4n) is 3.26. The van der Waals surface area contributed by atoms with E-state index in [0.717, 1.165) is 6.54 Å².